The minimum absolute atomic E-state index is 0.0355. The molecule has 2 rings (SSSR count). The van der Waals surface area contributed by atoms with Gasteiger partial charge in [-0.2, -0.15) is 0 Å². The molecule has 0 spiro atoms. The van der Waals surface area contributed by atoms with Gasteiger partial charge in [0.05, 0.1) is 0 Å². The van der Waals surface area contributed by atoms with Crippen LogP contribution in [0.5, 0.6) is 5.75 Å². The van der Waals surface area contributed by atoms with Crippen molar-refractivity contribution in [1.29, 1.82) is 0 Å². The summed E-state index contributed by atoms with van der Waals surface area (Å²) in [4.78, 5) is 0. The van der Waals surface area contributed by atoms with Crippen LogP contribution in [0, 0.1) is 0 Å². The van der Waals surface area contributed by atoms with Crippen molar-refractivity contribution in [3.8, 4) is 5.75 Å². The lowest BCUT2D eigenvalue weighted by Crippen LogP contribution is -2.24. The summed E-state index contributed by atoms with van der Waals surface area (Å²) in [6.07, 6.45) is 0.990. The molecule has 1 aromatic carbocycles. The maximum Gasteiger partial charge on any atom is 0.124 e. The Hall–Kier alpha value is -0.500. The van der Waals surface area contributed by atoms with E-state index in [0.717, 1.165) is 16.6 Å². The van der Waals surface area contributed by atoms with E-state index < -0.39 is 0 Å². The summed E-state index contributed by atoms with van der Waals surface area (Å²) in [5.41, 5.74) is 1.26. The highest BCUT2D eigenvalue weighted by Crippen LogP contribution is 2.38. The lowest BCUT2D eigenvalue weighted by molar-refractivity contribution is 0.138. The SMILES string of the molecule is CC1(C)Cc2c(Br)cccc2O1. The average Bonchev–Trinajstić information content (AvgIpc) is 2.25. The molecule has 0 radical (unpaired) electrons. The number of hydrogen-bond donors (Lipinski definition) is 0. The summed E-state index contributed by atoms with van der Waals surface area (Å²) in [6.45, 7) is 4.22. The van der Waals surface area contributed by atoms with Gasteiger partial charge in [0.2, 0.25) is 0 Å². The van der Waals surface area contributed by atoms with Crippen molar-refractivity contribution in [2.75, 3.05) is 0 Å². The molecule has 0 atom stereocenters. The third-order valence-electron chi connectivity index (χ3n) is 2.06. The second-order valence-corrected chi connectivity index (χ2v) is 4.61. The molecule has 1 aliphatic rings. The van der Waals surface area contributed by atoms with Crippen molar-refractivity contribution in [1.82, 2.24) is 0 Å². The van der Waals surface area contributed by atoms with Crippen molar-refractivity contribution >= 4 is 15.9 Å². The summed E-state index contributed by atoms with van der Waals surface area (Å²) < 4.78 is 6.90. The van der Waals surface area contributed by atoms with Gasteiger partial charge >= 0.3 is 0 Å². The molecule has 12 heavy (non-hydrogen) atoms. The van der Waals surface area contributed by atoms with Gasteiger partial charge in [-0.25, -0.2) is 0 Å². The molecule has 0 unspecified atom stereocenters. The molecule has 0 fully saturated rings. The summed E-state index contributed by atoms with van der Waals surface area (Å²) in [5.74, 6) is 1.02. The average molecular weight is 227 g/mol. The van der Waals surface area contributed by atoms with E-state index in [1.54, 1.807) is 0 Å². The predicted octanol–water partition coefficient (Wildman–Crippen LogP) is 3.16. The number of benzene rings is 1. The predicted molar refractivity (Wildman–Crippen MR) is 52.6 cm³/mol. The van der Waals surface area contributed by atoms with Crippen LogP contribution in [0.25, 0.3) is 0 Å². The number of halogens is 1. The van der Waals surface area contributed by atoms with E-state index in [4.69, 9.17) is 4.74 Å². The Morgan fingerprint density at radius 2 is 2.17 bits per heavy atom. The maximum atomic E-state index is 5.75. The lowest BCUT2D eigenvalue weighted by Gasteiger charge is -2.16. The molecule has 0 bridgehead atoms. The van der Waals surface area contributed by atoms with Gasteiger partial charge in [0.15, 0.2) is 0 Å². The first-order valence-corrected chi connectivity index (χ1v) is 4.84. The van der Waals surface area contributed by atoms with Crippen molar-refractivity contribution in [2.45, 2.75) is 25.9 Å². The van der Waals surface area contributed by atoms with Crippen LogP contribution in [0.3, 0.4) is 0 Å². The van der Waals surface area contributed by atoms with E-state index in [0.29, 0.717) is 0 Å². The topological polar surface area (TPSA) is 9.23 Å². The molecular weight excluding hydrogens is 216 g/mol. The molecule has 0 amide bonds. The van der Waals surface area contributed by atoms with Gasteiger partial charge in [-0.15, -0.1) is 0 Å². The molecule has 64 valence electrons. The van der Waals surface area contributed by atoms with Gasteiger partial charge in [-0.1, -0.05) is 22.0 Å². The number of fused-ring (bicyclic) bond motifs is 1. The Balaban J connectivity index is 2.48. The minimum atomic E-state index is -0.0355. The molecule has 2 heteroatoms. The zero-order valence-corrected chi connectivity index (χ0v) is 8.81. The van der Waals surface area contributed by atoms with Crippen LogP contribution >= 0.6 is 15.9 Å². The van der Waals surface area contributed by atoms with E-state index in [1.165, 1.54) is 5.56 Å². The highest BCUT2D eigenvalue weighted by molar-refractivity contribution is 9.10. The molecule has 0 aliphatic carbocycles. The summed E-state index contributed by atoms with van der Waals surface area (Å²) in [5, 5.41) is 0. The monoisotopic (exact) mass is 226 g/mol. The van der Waals surface area contributed by atoms with Crippen LogP contribution < -0.4 is 4.74 Å². The first-order chi connectivity index (χ1) is 5.58. The van der Waals surface area contributed by atoms with Gasteiger partial charge in [-0.3, -0.25) is 0 Å². The minimum Gasteiger partial charge on any atom is -0.487 e. The Bertz CT molecular complexity index is 318. The molecule has 1 aliphatic heterocycles. The van der Waals surface area contributed by atoms with Crippen molar-refractivity contribution in [2.24, 2.45) is 0 Å². The number of rotatable bonds is 0. The largest absolute Gasteiger partial charge is 0.487 e. The summed E-state index contributed by atoms with van der Waals surface area (Å²) >= 11 is 3.52. The van der Waals surface area contributed by atoms with Crippen molar-refractivity contribution < 1.29 is 4.74 Å². The fraction of sp³-hybridized carbons (Fsp3) is 0.400. The maximum absolute atomic E-state index is 5.75. The Morgan fingerprint density at radius 3 is 2.83 bits per heavy atom. The fourth-order valence-corrected chi connectivity index (χ4v) is 2.05. The molecule has 0 saturated carbocycles. The second-order valence-electron chi connectivity index (χ2n) is 3.76. The Labute approximate surface area is 80.9 Å². The highest BCUT2D eigenvalue weighted by atomic mass is 79.9. The Kier molecular flexibility index (Phi) is 1.69. The lowest BCUT2D eigenvalue weighted by atomic mass is 10.0. The van der Waals surface area contributed by atoms with E-state index in [1.807, 2.05) is 12.1 Å². The second kappa shape index (κ2) is 2.49. The molecule has 0 saturated heterocycles. The molecule has 1 nitrogen and oxygen atoms in total. The molecule has 1 heterocycles. The van der Waals surface area contributed by atoms with Gasteiger partial charge in [0, 0.05) is 16.5 Å². The van der Waals surface area contributed by atoms with E-state index in [9.17, 15) is 0 Å². The van der Waals surface area contributed by atoms with Crippen LogP contribution in [0.15, 0.2) is 22.7 Å². The fourth-order valence-electron chi connectivity index (χ4n) is 1.57. The zero-order valence-electron chi connectivity index (χ0n) is 7.23. The van der Waals surface area contributed by atoms with E-state index in [2.05, 4.69) is 35.8 Å². The quantitative estimate of drug-likeness (QED) is 0.661. The normalized spacial score (nSPS) is 18.6. The summed E-state index contributed by atoms with van der Waals surface area (Å²) in [7, 11) is 0. The molecular formula is C10H11BrO. The highest BCUT2D eigenvalue weighted by Gasteiger charge is 2.30. The number of ether oxygens (including phenoxy) is 1. The first kappa shape index (κ1) is 8.11. The van der Waals surface area contributed by atoms with Crippen LogP contribution in [-0.4, -0.2) is 5.60 Å². The van der Waals surface area contributed by atoms with E-state index in [-0.39, 0.29) is 5.60 Å². The van der Waals surface area contributed by atoms with Crippen LogP contribution in [0.4, 0.5) is 0 Å². The van der Waals surface area contributed by atoms with Crippen molar-refractivity contribution in [3.05, 3.63) is 28.2 Å². The summed E-state index contributed by atoms with van der Waals surface area (Å²) in [6, 6.07) is 6.09. The van der Waals surface area contributed by atoms with Crippen LogP contribution in [-0.2, 0) is 6.42 Å². The van der Waals surface area contributed by atoms with Gasteiger partial charge in [-0.05, 0) is 26.0 Å². The first-order valence-electron chi connectivity index (χ1n) is 4.05. The Morgan fingerprint density at radius 1 is 1.42 bits per heavy atom. The van der Waals surface area contributed by atoms with Crippen LogP contribution in [0.1, 0.15) is 19.4 Å². The molecule has 0 N–H and O–H groups in total. The van der Waals surface area contributed by atoms with Gasteiger partial charge in [0.1, 0.15) is 11.4 Å². The van der Waals surface area contributed by atoms with Gasteiger partial charge < -0.3 is 4.74 Å². The standard InChI is InChI=1S/C10H11BrO/c1-10(2)6-7-8(11)4-3-5-9(7)12-10/h3-5H,6H2,1-2H3. The van der Waals surface area contributed by atoms with Crippen molar-refractivity contribution in [3.63, 3.8) is 0 Å². The smallest absolute Gasteiger partial charge is 0.124 e. The zero-order chi connectivity index (χ0) is 8.77. The van der Waals surface area contributed by atoms with Gasteiger partial charge in [0.25, 0.3) is 0 Å². The number of hydrogen-bond acceptors (Lipinski definition) is 1. The molecule has 0 aromatic heterocycles. The third kappa shape index (κ3) is 1.24. The van der Waals surface area contributed by atoms with Crippen LogP contribution in [0.2, 0.25) is 0 Å². The molecule has 1 aromatic rings. The van der Waals surface area contributed by atoms with E-state index >= 15 is 0 Å². The third-order valence-corrected chi connectivity index (χ3v) is 2.81.